The van der Waals surface area contributed by atoms with Gasteiger partial charge < -0.3 is 19.9 Å². The molecule has 6 nitrogen and oxygen atoms in total. The smallest absolute Gasteiger partial charge is 0.238 e. The van der Waals surface area contributed by atoms with Crippen molar-refractivity contribution in [3.8, 4) is 5.75 Å². The van der Waals surface area contributed by atoms with Gasteiger partial charge in [0.25, 0.3) is 0 Å². The van der Waals surface area contributed by atoms with E-state index in [0.717, 1.165) is 0 Å². The van der Waals surface area contributed by atoms with Crippen molar-refractivity contribution in [2.45, 2.75) is 6.04 Å². The van der Waals surface area contributed by atoms with Gasteiger partial charge in [0.2, 0.25) is 5.91 Å². The molecule has 2 rings (SSSR count). The second-order valence-corrected chi connectivity index (χ2v) is 5.21. The Kier molecular flexibility index (Phi) is 5.81. The largest absolute Gasteiger partial charge is 0.495 e. The number of hydrogen-bond donors (Lipinski definition) is 2. The molecule has 116 valence electrons. The Bertz CT molecular complexity index is 498. The number of morpholine rings is 1. The molecule has 0 saturated carbocycles. The van der Waals surface area contributed by atoms with E-state index < -0.39 is 0 Å². The molecular formula is C14H19ClN2O4. The number of hydrogen-bond acceptors (Lipinski definition) is 5. The molecule has 1 atom stereocenters. The van der Waals surface area contributed by atoms with Crippen LogP contribution in [0.1, 0.15) is 0 Å². The van der Waals surface area contributed by atoms with Gasteiger partial charge in [-0.15, -0.1) is 0 Å². The number of benzene rings is 1. The number of amides is 1. The lowest BCUT2D eigenvalue weighted by Crippen LogP contribution is -2.50. The summed E-state index contributed by atoms with van der Waals surface area (Å²) in [5.41, 5.74) is 0.531. The number of anilines is 1. The predicted molar refractivity (Wildman–Crippen MR) is 79.9 cm³/mol. The first-order chi connectivity index (χ1) is 10.1. The van der Waals surface area contributed by atoms with Crippen LogP contribution in [0.2, 0.25) is 5.02 Å². The number of nitrogens with one attached hydrogen (secondary N) is 1. The summed E-state index contributed by atoms with van der Waals surface area (Å²) >= 11 is 5.93. The summed E-state index contributed by atoms with van der Waals surface area (Å²) in [6.07, 6.45) is 0. The first-order valence-corrected chi connectivity index (χ1v) is 7.08. The number of carbonyl (C=O) groups is 1. The number of aliphatic hydroxyl groups is 1. The maximum absolute atomic E-state index is 12.1. The third kappa shape index (κ3) is 4.31. The molecule has 21 heavy (non-hydrogen) atoms. The van der Waals surface area contributed by atoms with Gasteiger partial charge in [0.15, 0.2) is 0 Å². The monoisotopic (exact) mass is 314 g/mol. The zero-order valence-electron chi connectivity index (χ0n) is 11.8. The zero-order valence-corrected chi connectivity index (χ0v) is 12.6. The molecule has 0 spiro atoms. The highest BCUT2D eigenvalue weighted by molar-refractivity contribution is 6.31. The van der Waals surface area contributed by atoms with Gasteiger partial charge in [-0.2, -0.15) is 0 Å². The minimum atomic E-state index is -0.184. The summed E-state index contributed by atoms with van der Waals surface area (Å²) in [6, 6.07) is 4.88. The fourth-order valence-corrected chi connectivity index (χ4v) is 2.39. The van der Waals surface area contributed by atoms with E-state index in [4.69, 9.17) is 21.1 Å². The Labute approximate surface area is 128 Å². The third-order valence-corrected chi connectivity index (χ3v) is 3.58. The van der Waals surface area contributed by atoms with Crippen LogP contribution in [-0.4, -0.2) is 62.0 Å². The minimum Gasteiger partial charge on any atom is -0.495 e. The molecule has 1 amide bonds. The summed E-state index contributed by atoms with van der Waals surface area (Å²) in [7, 11) is 1.53. The zero-order chi connectivity index (χ0) is 15.2. The van der Waals surface area contributed by atoms with Crippen molar-refractivity contribution in [3.05, 3.63) is 23.2 Å². The molecule has 7 heteroatoms. The van der Waals surface area contributed by atoms with Gasteiger partial charge >= 0.3 is 0 Å². The molecule has 0 radical (unpaired) electrons. The third-order valence-electron chi connectivity index (χ3n) is 3.34. The minimum absolute atomic E-state index is 0.0340. The quantitative estimate of drug-likeness (QED) is 0.848. The molecule has 0 aromatic heterocycles. The van der Waals surface area contributed by atoms with Crippen LogP contribution in [0.25, 0.3) is 0 Å². The van der Waals surface area contributed by atoms with Gasteiger partial charge in [-0.05, 0) is 18.2 Å². The van der Waals surface area contributed by atoms with Crippen LogP contribution in [-0.2, 0) is 9.53 Å². The molecule has 1 aromatic rings. The summed E-state index contributed by atoms with van der Waals surface area (Å²) in [6.45, 7) is 1.76. The molecule has 1 saturated heterocycles. The molecule has 1 heterocycles. The molecule has 1 aromatic carbocycles. The molecular weight excluding hydrogens is 296 g/mol. The van der Waals surface area contributed by atoms with Gasteiger partial charge in [0.1, 0.15) is 5.75 Å². The molecule has 0 aliphatic carbocycles. The van der Waals surface area contributed by atoms with Crippen LogP contribution in [0.4, 0.5) is 5.69 Å². The van der Waals surface area contributed by atoms with Crippen LogP contribution in [0.3, 0.4) is 0 Å². The molecule has 0 bridgehead atoms. The first-order valence-electron chi connectivity index (χ1n) is 6.70. The van der Waals surface area contributed by atoms with Crippen LogP contribution < -0.4 is 10.1 Å². The molecule has 2 N–H and O–H groups in total. The van der Waals surface area contributed by atoms with Gasteiger partial charge in [-0.1, -0.05) is 11.6 Å². The van der Waals surface area contributed by atoms with Gasteiger partial charge in [0, 0.05) is 11.6 Å². The summed E-state index contributed by atoms with van der Waals surface area (Å²) in [5.74, 6) is 0.365. The van der Waals surface area contributed by atoms with Crippen LogP contribution in [0.5, 0.6) is 5.75 Å². The topological polar surface area (TPSA) is 71.0 Å². The average molecular weight is 315 g/mol. The number of nitrogens with zero attached hydrogens (tertiary/aromatic N) is 1. The number of halogens is 1. The Hall–Kier alpha value is -1.34. The molecule has 1 fully saturated rings. The van der Waals surface area contributed by atoms with Gasteiger partial charge in [-0.3, -0.25) is 9.69 Å². The standard InChI is InChI=1S/C14H19ClN2O4/c1-20-13-3-2-10(15)6-12(13)16-14(19)7-17-4-5-21-9-11(17)8-18/h2-3,6,11,18H,4-5,7-9H2,1H3,(H,16,19). The van der Waals surface area contributed by atoms with E-state index in [1.54, 1.807) is 18.2 Å². The normalized spacial score (nSPS) is 19.3. The van der Waals surface area contributed by atoms with E-state index in [1.807, 2.05) is 4.90 Å². The number of carbonyl (C=O) groups excluding carboxylic acids is 1. The molecule has 1 unspecified atom stereocenters. The van der Waals surface area contributed by atoms with Crippen molar-refractivity contribution >= 4 is 23.2 Å². The van der Waals surface area contributed by atoms with E-state index in [-0.39, 0.29) is 25.1 Å². The fourth-order valence-electron chi connectivity index (χ4n) is 2.22. The lowest BCUT2D eigenvalue weighted by molar-refractivity contribution is -0.120. The average Bonchev–Trinajstić information content (AvgIpc) is 2.48. The lowest BCUT2D eigenvalue weighted by Gasteiger charge is -2.33. The van der Waals surface area contributed by atoms with Crippen molar-refractivity contribution in [3.63, 3.8) is 0 Å². The van der Waals surface area contributed by atoms with Crippen molar-refractivity contribution in [2.24, 2.45) is 0 Å². The lowest BCUT2D eigenvalue weighted by atomic mass is 10.2. The molecule has 1 aliphatic heterocycles. The first kappa shape index (κ1) is 16.0. The highest BCUT2D eigenvalue weighted by Crippen LogP contribution is 2.27. The second-order valence-electron chi connectivity index (χ2n) is 4.77. The summed E-state index contributed by atoms with van der Waals surface area (Å²) in [5, 5.41) is 12.6. The van der Waals surface area contributed by atoms with Crippen molar-refractivity contribution in [1.82, 2.24) is 4.90 Å². The number of methoxy groups -OCH3 is 1. The Morgan fingerprint density at radius 2 is 2.43 bits per heavy atom. The number of rotatable bonds is 5. The van der Waals surface area contributed by atoms with Gasteiger partial charge in [-0.25, -0.2) is 0 Å². The van der Waals surface area contributed by atoms with E-state index in [0.29, 0.717) is 36.2 Å². The SMILES string of the molecule is COc1ccc(Cl)cc1NC(=O)CN1CCOCC1CO. The maximum atomic E-state index is 12.1. The predicted octanol–water partition coefficient (Wildman–Crippen LogP) is 0.980. The van der Waals surface area contributed by atoms with E-state index in [2.05, 4.69) is 5.32 Å². The fraction of sp³-hybridized carbons (Fsp3) is 0.500. The Balaban J connectivity index is 1.99. The number of aliphatic hydroxyl groups excluding tert-OH is 1. The highest BCUT2D eigenvalue weighted by Gasteiger charge is 2.24. The van der Waals surface area contributed by atoms with E-state index >= 15 is 0 Å². The summed E-state index contributed by atoms with van der Waals surface area (Å²) < 4.78 is 10.5. The second kappa shape index (κ2) is 7.61. The van der Waals surface area contributed by atoms with Crippen molar-refractivity contribution in [2.75, 3.05) is 45.3 Å². The van der Waals surface area contributed by atoms with Gasteiger partial charge in [0.05, 0.1) is 45.2 Å². The molecule has 1 aliphatic rings. The highest BCUT2D eigenvalue weighted by atomic mass is 35.5. The van der Waals surface area contributed by atoms with Crippen LogP contribution >= 0.6 is 11.6 Å². The van der Waals surface area contributed by atoms with E-state index in [9.17, 15) is 9.90 Å². The summed E-state index contributed by atoms with van der Waals surface area (Å²) in [4.78, 5) is 14.0. The van der Waals surface area contributed by atoms with Crippen LogP contribution in [0, 0.1) is 0 Å². The Morgan fingerprint density at radius 1 is 1.62 bits per heavy atom. The van der Waals surface area contributed by atoms with Crippen molar-refractivity contribution in [1.29, 1.82) is 0 Å². The maximum Gasteiger partial charge on any atom is 0.238 e. The van der Waals surface area contributed by atoms with Crippen LogP contribution in [0.15, 0.2) is 18.2 Å². The van der Waals surface area contributed by atoms with Crippen molar-refractivity contribution < 1.29 is 19.4 Å². The Morgan fingerprint density at radius 3 is 3.14 bits per heavy atom. The number of ether oxygens (including phenoxy) is 2. The van der Waals surface area contributed by atoms with E-state index in [1.165, 1.54) is 7.11 Å².